The van der Waals surface area contributed by atoms with Gasteiger partial charge in [0, 0.05) is 19.3 Å². The zero-order valence-corrected chi connectivity index (χ0v) is 10.5. The molecule has 0 aliphatic carbocycles. The predicted molar refractivity (Wildman–Crippen MR) is 69.0 cm³/mol. The van der Waals surface area contributed by atoms with Gasteiger partial charge in [0.25, 0.3) is 0 Å². The van der Waals surface area contributed by atoms with Crippen LogP contribution in [0.2, 0.25) is 0 Å². The predicted octanol–water partition coefficient (Wildman–Crippen LogP) is 1.73. The molecule has 2 aromatic rings. The molecule has 5 nitrogen and oxygen atoms in total. The van der Waals surface area contributed by atoms with Gasteiger partial charge in [-0.1, -0.05) is 6.92 Å². The summed E-state index contributed by atoms with van der Waals surface area (Å²) in [7, 11) is 0. The summed E-state index contributed by atoms with van der Waals surface area (Å²) in [5, 5.41) is 4.21. The van der Waals surface area contributed by atoms with E-state index in [2.05, 4.69) is 17.0 Å². The number of pyridine rings is 1. The van der Waals surface area contributed by atoms with Gasteiger partial charge >= 0.3 is 0 Å². The fourth-order valence-corrected chi connectivity index (χ4v) is 1.67. The van der Waals surface area contributed by atoms with Gasteiger partial charge in [-0.2, -0.15) is 5.10 Å². The summed E-state index contributed by atoms with van der Waals surface area (Å²) in [6.45, 7) is 3.99. The molecule has 0 amide bonds. The van der Waals surface area contributed by atoms with Gasteiger partial charge in [0.15, 0.2) is 5.75 Å². The van der Waals surface area contributed by atoms with E-state index in [0.29, 0.717) is 13.2 Å². The van der Waals surface area contributed by atoms with Gasteiger partial charge in [0.05, 0.1) is 18.1 Å². The first-order valence-corrected chi connectivity index (χ1v) is 6.11. The summed E-state index contributed by atoms with van der Waals surface area (Å²) in [5.41, 5.74) is 7.48. The van der Waals surface area contributed by atoms with E-state index in [1.165, 1.54) is 0 Å². The Hall–Kier alpha value is -1.88. The fraction of sp³-hybridized carbons (Fsp3) is 0.385. The molecule has 0 spiro atoms. The van der Waals surface area contributed by atoms with Gasteiger partial charge in [-0.25, -0.2) is 0 Å². The van der Waals surface area contributed by atoms with Crippen LogP contribution in [0.4, 0.5) is 0 Å². The molecule has 0 unspecified atom stereocenters. The molecule has 0 saturated heterocycles. The summed E-state index contributed by atoms with van der Waals surface area (Å²) in [5.74, 6) is 0.787. The Bertz CT molecular complexity index is 495. The molecule has 0 aliphatic heterocycles. The van der Waals surface area contributed by atoms with Crippen molar-refractivity contribution in [1.29, 1.82) is 0 Å². The first-order valence-electron chi connectivity index (χ1n) is 6.11. The third-order valence-corrected chi connectivity index (χ3v) is 2.56. The van der Waals surface area contributed by atoms with Crippen LogP contribution >= 0.6 is 0 Å². The molecule has 2 aromatic heterocycles. The molecule has 0 aromatic carbocycles. The molecule has 0 aliphatic rings. The topological polar surface area (TPSA) is 66.0 Å². The highest BCUT2D eigenvalue weighted by Crippen LogP contribution is 2.12. The lowest BCUT2D eigenvalue weighted by atomic mass is 10.2. The minimum atomic E-state index is 0.447. The largest absolute Gasteiger partial charge is 0.486 e. The van der Waals surface area contributed by atoms with E-state index in [0.717, 1.165) is 30.0 Å². The van der Waals surface area contributed by atoms with Crippen LogP contribution in [0, 0.1) is 0 Å². The Morgan fingerprint density at radius 1 is 1.44 bits per heavy atom. The molecule has 2 rings (SSSR count). The van der Waals surface area contributed by atoms with E-state index in [4.69, 9.17) is 10.5 Å². The molecule has 0 bridgehead atoms. The molecule has 18 heavy (non-hydrogen) atoms. The molecule has 96 valence electrons. The number of rotatable bonds is 6. The minimum Gasteiger partial charge on any atom is -0.486 e. The van der Waals surface area contributed by atoms with E-state index in [1.807, 2.05) is 23.0 Å². The van der Waals surface area contributed by atoms with Crippen molar-refractivity contribution in [3.05, 3.63) is 42.0 Å². The number of nitrogens with two attached hydrogens (primary N) is 1. The zero-order valence-electron chi connectivity index (χ0n) is 10.5. The maximum absolute atomic E-state index is 5.67. The number of aryl methyl sites for hydroxylation is 1. The number of nitrogens with zero attached hydrogens (tertiary/aromatic N) is 3. The van der Waals surface area contributed by atoms with Gasteiger partial charge < -0.3 is 10.5 Å². The third kappa shape index (κ3) is 3.30. The number of aromatic nitrogens is 3. The lowest BCUT2D eigenvalue weighted by Gasteiger charge is -2.04. The fourth-order valence-electron chi connectivity index (χ4n) is 1.67. The van der Waals surface area contributed by atoms with Crippen LogP contribution < -0.4 is 10.5 Å². The lowest BCUT2D eigenvalue weighted by Crippen LogP contribution is -2.02. The van der Waals surface area contributed by atoms with Crippen LogP contribution in [0.1, 0.15) is 24.6 Å². The monoisotopic (exact) mass is 246 g/mol. The average molecular weight is 246 g/mol. The normalized spacial score (nSPS) is 10.6. The molecular weight excluding hydrogens is 228 g/mol. The molecule has 0 fully saturated rings. The molecule has 0 radical (unpaired) electrons. The van der Waals surface area contributed by atoms with Crippen molar-refractivity contribution in [2.24, 2.45) is 5.73 Å². The lowest BCUT2D eigenvalue weighted by molar-refractivity contribution is 0.305. The van der Waals surface area contributed by atoms with Crippen LogP contribution in [-0.4, -0.2) is 14.8 Å². The maximum Gasteiger partial charge on any atom is 0.157 e. The van der Waals surface area contributed by atoms with Crippen LogP contribution in [0.25, 0.3) is 0 Å². The second-order valence-electron chi connectivity index (χ2n) is 4.09. The Morgan fingerprint density at radius 2 is 2.33 bits per heavy atom. The quantitative estimate of drug-likeness (QED) is 0.843. The Labute approximate surface area is 107 Å². The molecule has 0 atom stereocenters. The molecule has 5 heteroatoms. The second kappa shape index (κ2) is 6.16. The summed E-state index contributed by atoms with van der Waals surface area (Å²) in [6, 6.07) is 3.88. The van der Waals surface area contributed by atoms with Gasteiger partial charge in [0.1, 0.15) is 6.61 Å². The summed E-state index contributed by atoms with van der Waals surface area (Å²) < 4.78 is 7.55. The molecule has 0 saturated carbocycles. The van der Waals surface area contributed by atoms with Gasteiger partial charge in [0.2, 0.25) is 0 Å². The van der Waals surface area contributed by atoms with Crippen molar-refractivity contribution in [3.8, 4) is 5.75 Å². The van der Waals surface area contributed by atoms with Crippen molar-refractivity contribution in [3.63, 3.8) is 0 Å². The highest BCUT2D eigenvalue weighted by atomic mass is 16.5. The van der Waals surface area contributed by atoms with Crippen LogP contribution in [0.3, 0.4) is 0 Å². The van der Waals surface area contributed by atoms with Crippen molar-refractivity contribution in [2.75, 3.05) is 0 Å². The van der Waals surface area contributed by atoms with Crippen LogP contribution in [-0.2, 0) is 19.7 Å². The van der Waals surface area contributed by atoms with E-state index < -0.39 is 0 Å². The Balaban J connectivity index is 1.93. The standard InChI is InChI=1S/C13H18N4O/c1-2-5-17-9-13(8-16-17)18-10-11-3-4-15-12(6-11)7-14/h3-4,6,8-9H,2,5,7,10,14H2,1H3. The van der Waals surface area contributed by atoms with Crippen molar-refractivity contribution >= 4 is 0 Å². The maximum atomic E-state index is 5.67. The average Bonchev–Trinajstić information content (AvgIpc) is 2.85. The van der Waals surface area contributed by atoms with Crippen molar-refractivity contribution in [1.82, 2.24) is 14.8 Å². The van der Waals surface area contributed by atoms with Gasteiger partial charge in [-0.3, -0.25) is 9.67 Å². The van der Waals surface area contributed by atoms with Crippen LogP contribution in [0.5, 0.6) is 5.75 Å². The Kier molecular flexibility index (Phi) is 4.30. The first kappa shape index (κ1) is 12.6. The molecule has 2 N–H and O–H groups in total. The van der Waals surface area contributed by atoms with E-state index in [-0.39, 0.29) is 0 Å². The highest BCUT2D eigenvalue weighted by Gasteiger charge is 2.01. The summed E-state index contributed by atoms with van der Waals surface area (Å²) in [6.07, 6.45) is 6.46. The van der Waals surface area contributed by atoms with E-state index in [1.54, 1.807) is 12.4 Å². The first-order chi connectivity index (χ1) is 8.81. The molecular formula is C13H18N4O. The van der Waals surface area contributed by atoms with Crippen molar-refractivity contribution in [2.45, 2.75) is 33.0 Å². The third-order valence-electron chi connectivity index (χ3n) is 2.56. The summed E-state index contributed by atoms with van der Waals surface area (Å²) in [4.78, 5) is 4.14. The summed E-state index contributed by atoms with van der Waals surface area (Å²) >= 11 is 0. The smallest absolute Gasteiger partial charge is 0.157 e. The van der Waals surface area contributed by atoms with Crippen molar-refractivity contribution < 1.29 is 4.74 Å². The zero-order chi connectivity index (χ0) is 12.8. The Morgan fingerprint density at radius 3 is 3.11 bits per heavy atom. The SMILES string of the molecule is CCCn1cc(OCc2ccnc(CN)c2)cn1. The van der Waals surface area contributed by atoms with Gasteiger partial charge in [-0.05, 0) is 24.1 Å². The highest BCUT2D eigenvalue weighted by molar-refractivity contribution is 5.18. The van der Waals surface area contributed by atoms with E-state index >= 15 is 0 Å². The number of ether oxygens (including phenoxy) is 1. The van der Waals surface area contributed by atoms with Crippen LogP contribution in [0.15, 0.2) is 30.7 Å². The minimum absolute atomic E-state index is 0.447. The number of hydrogen-bond acceptors (Lipinski definition) is 4. The van der Waals surface area contributed by atoms with Gasteiger partial charge in [-0.15, -0.1) is 0 Å². The van der Waals surface area contributed by atoms with E-state index in [9.17, 15) is 0 Å². The number of hydrogen-bond donors (Lipinski definition) is 1. The second-order valence-corrected chi connectivity index (χ2v) is 4.09. The molecule has 2 heterocycles.